The molecule has 0 saturated carbocycles. The third kappa shape index (κ3) is 0.939. The first-order chi connectivity index (χ1) is 5.81. The lowest BCUT2D eigenvalue weighted by Crippen LogP contribution is -2.05. The largest absolute Gasteiger partial charge is 0.476 e. The lowest BCUT2D eigenvalue weighted by molar-refractivity contribution is 0.0592. The molecule has 5 heteroatoms. The van der Waals surface area contributed by atoms with Gasteiger partial charge in [0.1, 0.15) is 6.61 Å². The molecule has 1 aromatic rings. The molecule has 0 atom stereocenters. The van der Waals surface area contributed by atoms with E-state index in [1.807, 2.05) is 0 Å². The van der Waals surface area contributed by atoms with E-state index in [2.05, 4.69) is 9.84 Å². The van der Waals surface area contributed by atoms with Gasteiger partial charge in [-0.3, -0.25) is 0 Å². The molecule has 0 bridgehead atoms. The predicted octanol–water partition coefficient (Wildman–Crippen LogP) is 0.0621. The maximum Gasteiger partial charge on any atom is 0.358 e. The molecule has 0 aliphatic carbocycles. The molecule has 2 heterocycles. The van der Waals surface area contributed by atoms with E-state index in [4.69, 9.17) is 4.74 Å². The zero-order chi connectivity index (χ0) is 8.55. The van der Waals surface area contributed by atoms with E-state index in [1.54, 1.807) is 10.7 Å². The summed E-state index contributed by atoms with van der Waals surface area (Å²) in [4.78, 5) is 11.0. The van der Waals surface area contributed by atoms with Crippen LogP contribution >= 0.6 is 0 Å². The van der Waals surface area contributed by atoms with Crippen molar-refractivity contribution < 1.29 is 14.3 Å². The summed E-state index contributed by atoms with van der Waals surface area (Å²) >= 11 is 0. The fourth-order valence-electron chi connectivity index (χ4n) is 1.12. The number of aromatic nitrogens is 2. The fraction of sp³-hybridized carbons (Fsp3) is 0.429. The molecule has 1 aliphatic rings. The smallest absolute Gasteiger partial charge is 0.358 e. The molecule has 0 unspecified atom stereocenters. The Morgan fingerprint density at radius 2 is 2.67 bits per heavy atom. The monoisotopic (exact) mass is 168 g/mol. The maximum atomic E-state index is 11.0. The van der Waals surface area contributed by atoms with E-state index in [0.717, 1.165) is 0 Å². The number of hydrogen-bond donors (Lipinski definition) is 0. The summed E-state index contributed by atoms with van der Waals surface area (Å²) in [6, 6.07) is 1.58. The highest BCUT2D eigenvalue weighted by molar-refractivity contribution is 5.87. The van der Waals surface area contributed by atoms with E-state index in [-0.39, 0.29) is 0 Å². The molecule has 0 radical (unpaired) electrons. The van der Waals surface area contributed by atoms with Crippen molar-refractivity contribution in [1.82, 2.24) is 9.78 Å². The maximum absolute atomic E-state index is 11.0. The van der Waals surface area contributed by atoms with Gasteiger partial charge in [0, 0.05) is 6.07 Å². The minimum atomic E-state index is -0.430. The van der Waals surface area contributed by atoms with Crippen molar-refractivity contribution in [2.45, 2.75) is 6.54 Å². The third-order valence-corrected chi connectivity index (χ3v) is 1.69. The van der Waals surface area contributed by atoms with E-state index in [0.29, 0.717) is 24.7 Å². The number of carbonyl (C=O) groups excluding carboxylic acids is 1. The van der Waals surface area contributed by atoms with Gasteiger partial charge in [-0.15, -0.1) is 0 Å². The van der Waals surface area contributed by atoms with Crippen LogP contribution in [0.5, 0.6) is 5.88 Å². The van der Waals surface area contributed by atoms with Crippen LogP contribution in [-0.2, 0) is 11.3 Å². The molecule has 1 aliphatic heterocycles. The van der Waals surface area contributed by atoms with Crippen LogP contribution in [-0.4, -0.2) is 29.5 Å². The summed E-state index contributed by atoms with van der Waals surface area (Å²) in [5.41, 5.74) is 0.298. The van der Waals surface area contributed by atoms with Crippen LogP contribution in [0.2, 0.25) is 0 Å². The van der Waals surface area contributed by atoms with Gasteiger partial charge in [-0.1, -0.05) is 0 Å². The Balaban J connectivity index is 2.31. The number of esters is 1. The topological polar surface area (TPSA) is 53.4 Å². The lowest BCUT2D eigenvalue weighted by Gasteiger charge is -1.92. The molecule has 5 nitrogen and oxygen atoms in total. The minimum Gasteiger partial charge on any atom is -0.476 e. The van der Waals surface area contributed by atoms with Gasteiger partial charge in [0.15, 0.2) is 5.69 Å². The van der Waals surface area contributed by atoms with E-state index in [1.165, 1.54) is 7.11 Å². The van der Waals surface area contributed by atoms with E-state index >= 15 is 0 Å². The summed E-state index contributed by atoms with van der Waals surface area (Å²) in [7, 11) is 1.33. The van der Waals surface area contributed by atoms with Crippen molar-refractivity contribution in [2.24, 2.45) is 0 Å². The van der Waals surface area contributed by atoms with Crippen LogP contribution in [0.25, 0.3) is 0 Å². The zero-order valence-electron chi connectivity index (χ0n) is 6.61. The molecule has 0 saturated heterocycles. The SMILES string of the molecule is COC(=O)c1cc2n(n1)CCO2. The van der Waals surface area contributed by atoms with Crippen molar-refractivity contribution in [3.05, 3.63) is 11.8 Å². The molecular formula is C7H8N2O3. The highest BCUT2D eigenvalue weighted by atomic mass is 16.5. The summed E-state index contributed by atoms with van der Waals surface area (Å²) in [6.45, 7) is 1.33. The van der Waals surface area contributed by atoms with Crippen LogP contribution in [0.4, 0.5) is 0 Å². The second-order valence-electron chi connectivity index (χ2n) is 2.43. The van der Waals surface area contributed by atoms with Crippen LogP contribution in [0, 0.1) is 0 Å². The van der Waals surface area contributed by atoms with E-state index < -0.39 is 5.97 Å². The second kappa shape index (κ2) is 2.51. The molecule has 0 amide bonds. The van der Waals surface area contributed by atoms with Gasteiger partial charge in [-0.25, -0.2) is 9.48 Å². The fourth-order valence-corrected chi connectivity index (χ4v) is 1.12. The van der Waals surface area contributed by atoms with Gasteiger partial charge >= 0.3 is 5.97 Å². The Bertz CT molecular complexity index is 297. The number of rotatable bonds is 1. The highest BCUT2D eigenvalue weighted by Crippen LogP contribution is 2.18. The Labute approximate surface area is 68.9 Å². The Morgan fingerprint density at radius 1 is 1.83 bits per heavy atom. The molecular weight excluding hydrogens is 160 g/mol. The molecule has 12 heavy (non-hydrogen) atoms. The Morgan fingerprint density at radius 3 is 3.33 bits per heavy atom. The first-order valence-corrected chi connectivity index (χ1v) is 3.60. The zero-order valence-corrected chi connectivity index (χ0v) is 6.61. The quantitative estimate of drug-likeness (QED) is 0.556. The van der Waals surface area contributed by atoms with Crippen molar-refractivity contribution in [2.75, 3.05) is 13.7 Å². The molecule has 2 rings (SSSR count). The van der Waals surface area contributed by atoms with Gasteiger partial charge < -0.3 is 9.47 Å². The number of fused-ring (bicyclic) bond motifs is 1. The lowest BCUT2D eigenvalue weighted by atomic mass is 10.4. The predicted molar refractivity (Wildman–Crippen MR) is 39.1 cm³/mol. The molecule has 0 aromatic carbocycles. The molecule has 0 fully saturated rings. The van der Waals surface area contributed by atoms with Gasteiger partial charge in [0.2, 0.25) is 5.88 Å². The average Bonchev–Trinajstić information content (AvgIpc) is 2.60. The normalized spacial score (nSPS) is 13.8. The number of methoxy groups -OCH3 is 1. The first kappa shape index (κ1) is 7.15. The highest BCUT2D eigenvalue weighted by Gasteiger charge is 2.18. The average molecular weight is 168 g/mol. The van der Waals surface area contributed by atoms with Crippen LogP contribution in [0.1, 0.15) is 10.5 Å². The number of hydrogen-bond acceptors (Lipinski definition) is 4. The standard InChI is InChI=1S/C7H8N2O3/c1-11-7(10)5-4-6-9(8-5)2-3-12-6/h4H,2-3H2,1H3. The summed E-state index contributed by atoms with van der Waals surface area (Å²) < 4.78 is 11.3. The van der Waals surface area contributed by atoms with Crippen molar-refractivity contribution in [3.63, 3.8) is 0 Å². The van der Waals surface area contributed by atoms with Crippen molar-refractivity contribution >= 4 is 5.97 Å². The van der Waals surface area contributed by atoms with Crippen LogP contribution < -0.4 is 4.74 Å². The first-order valence-electron chi connectivity index (χ1n) is 3.60. The summed E-state index contributed by atoms with van der Waals surface area (Å²) in [5, 5.41) is 3.98. The summed E-state index contributed by atoms with van der Waals surface area (Å²) in [6.07, 6.45) is 0. The number of carbonyl (C=O) groups is 1. The third-order valence-electron chi connectivity index (χ3n) is 1.69. The Kier molecular flexibility index (Phi) is 1.49. The van der Waals surface area contributed by atoms with Gasteiger partial charge in [-0.05, 0) is 0 Å². The van der Waals surface area contributed by atoms with Crippen molar-refractivity contribution in [1.29, 1.82) is 0 Å². The van der Waals surface area contributed by atoms with Crippen molar-refractivity contribution in [3.8, 4) is 5.88 Å². The molecule has 64 valence electrons. The van der Waals surface area contributed by atoms with Gasteiger partial charge in [0.05, 0.1) is 13.7 Å². The number of ether oxygens (including phenoxy) is 2. The minimum absolute atomic E-state index is 0.298. The van der Waals surface area contributed by atoms with Gasteiger partial charge in [0.25, 0.3) is 0 Å². The molecule has 0 spiro atoms. The molecule has 0 N–H and O–H groups in total. The Hall–Kier alpha value is -1.52. The number of nitrogens with zero attached hydrogens (tertiary/aromatic N) is 2. The summed E-state index contributed by atoms with van der Waals surface area (Å²) in [5.74, 6) is 0.205. The molecule has 1 aromatic heterocycles. The van der Waals surface area contributed by atoms with Crippen LogP contribution in [0.15, 0.2) is 6.07 Å². The van der Waals surface area contributed by atoms with Crippen LogP contribution in [0.3, 0.4) is 0 Å². The van der Waals surface area contributed by atoms with E-state index in [9.17, 15) is 4.79 Å². The van der Waals surface area contributed by atoms with Gasteiger partial charge in [-0.2, -0.15) is 5.10 Å². The second-order valence-corrected chi connectivity index (χ2v) is 2.43.